The van der Waals surface area contributed by atoms with E-state index >= 15 is 0 Å². The standard InChI is InChI=1S/C13H18BrFO/c1-8(2)13(14)9(3)12-10(15)6-5-7-11(12)16-4/h5-9,13H,1-4H3. The Morgan fingerprint density at radius 2 is 1.88 bits per heavy atom. The lowest BCUT2D eigenvalue weighted by Crippen LogP contribution is -2.17. The quantitative estimate of drug-likeness (QED) is 0.748. The summed E-state index contributed by atoms with van der Waals surface area (Å²) in [5, 5.41) is 0. The predicted octanol–water partition coefficient (Wildman–Crippen LogP) is 4.36. The molecule has 0 saturated heterocycles. The monoisotopic (exact) mass is 288 g/mol. The van der Waals surface area contributed by atoms with E-state index in [1.165, 1.54) is 6.07 Å². The van der Waals surface area contributed by atoms with Crippen molar-refractivity contribution in [1.29, 1.82) is 0 Å². The third kappa shape index (κ3) is 2.76. The van der Waals surface area contributed by atoms with Gasteiger partial charge in [0.25, 0.3) is 0 Å². The van der Waals surface area contributed by atoms with Gasteiger partial charge in [-0.15, -0.1) is 0 Å². The molecule has 1 nitrogen and oxygen atoms in total. The van der Waals surface area contributed by atoms with Crippen LogP contribution in [0.2, 0.25) is 0 Å². The van der Waals surface area contributed by atoms with Gasteiger partial charge >= 0.3 is 0 Å². The highest BCUT2D eigenvalue weighted by molar-refractivity contribution is 9.09. The molecule has 3 heteroatoms. The number of benzene rings is 1. The SMILES string of the molecule is COc1cccc(F)c1C(C)C(Br)C(C)C. The number of ether oxygens (including phenoxy) is 1. The number of hydrogen-bond donors (Lipinski definition) is 0. The summed E-state index contributed by atoms with van der Waals surface area (Å²) in [4.78, 5) is 0.235. The van der Waals surface area contributed by atoms with E-state index in [0.717, 1.165) is 0 Å². The molecule has 0 aliphatic rings. The van der Waals surface area contributed by atoms with Crippen LogP contribution in [0.25, 0.3) is 0 Å². The van der Waals surface area contributed by atoms with Crippen molar-refractivity contribution in [3.05, 3.63) is 29.6 Å². The van der Waals surface area contributed by atoms with E-state index in [2.05, 4.69) is 29.8 Å². The number of halogens is 2. The van der Waals surface area contributed by atoms with Gasteiger partial charge in [-0.25, -0.2) is 4.39 Å². The smallest absolute Gasteiger partial charge is 0.130 e. The molecule has 0 aliphatic heterocycles. The first kappa shape index (κ1) is 13.5. The highest BCUT2D eigenvalue weighted by atomic mass is 79.9. The molecule has 0 radical (unpaired) electrons. The Labute approximate surface area is 105 Å². The van der Waals surface area contributed by atoms with Gasteiger partial charge in [-0.1, -0.05) is 42.8 Å². The van der Waals surface area contributed by atoms with Gasteiger partial charge in [-0.3, -0.25) is 0 Å². The zero-order chi connectivity index (χ0) is 12.3. The van der Waals surface area contributed by atoms with E-state index in [0.29, 0.717) is 17.2 Å². The number of rotatable bonds is 4. The van der Waals surface area contributed by atoms with Crippen molar-refractivity contribution in [1.82, 2.24) is 0 Å². The van der Waals surface area contributed by atoms with Crippen molar-refractivity contribution in [2.45, 2.75) is 31.5 Å². The highest BCUT2D eigenvalue weighted by Crippen LogP contribution is 2.36. The number of alkyl halides is 1. The van der Waals surface area contributed by atoms with Crippen molar-refractivity contribution in [2.24, 2.45) is 5.92 Å². The Morgan fingerprint density at radius 3 is 2.38 bits per heavy atom. The number of hydrogen-bond acceptors (Lipinski definition) is 1. The molecule has 0 heterocycles. The van der Waals surface area contributed by atoms with Crippen molar-refractivity contribution >= 4 is 15.9 Å². The first-order valence-corrected chi connectivity index (χ1v) is 6.37. The van der Waals surface area contributed by atoms with Crippen molar-refractivity contribution in [3.63, 3.8) is 0 Å². The summed E-state index contributed by atoms with van der Waals surface area (Å²) >= 11 is 3.62. The summed E-state index contributed by atoms with van der Waals surface area (Å²) in [6, 6.07) is 4.95. The second kappa shape index (κ2) is 5.67. The summed E-state index contributed by atoms with van der Waals surface area (Å²) < 4.78 is 19.0. The molecule has 0 fully saturated rings. The predicted molar refractivity (Wildman–Crippen MR) is 68.9 cm³/mol. The molecule has 2 unspecified atom stereocenters. The van der Waals surface area contributed by atoms with Crippen LogP contribution in [0.5, 0.6) is 5.75 Å². The van der Waals surface area contributed by atoms with E-state index in [9.17, 15) is 4.39 Å². The fourth-order valence-corrected chi connectivity index (χ4v) is 2.14. The maximum atomic E-state index is 13.8. The Hall–Kier alpha value is -0.570. The topological polar surface area (TPSA) is 9.23 Å². The van der Waals surface area contributed by atoms with Gasteiger partial charge in [0, 0.05) is 16.3 Å². The molecular formula is C13H18BrFO. The lowest BCUT2D eigenvalue weighted by atomic mass is 9.91. The van der Waals surface area contributed by atoms with Crippen LogP contribution < -0.4 is 4.74 Å². The maximum Gasteiger partial charge on any atom is 0.130 e. The van der Waals surface area contributed by atoms with Gasteiger partial charge in [-0.2, -0.15) is 0 Å². The van der Waals surface area contributed by atoms with Crippen LogP contribution in [-0.2, 0) is 0 Å². The first-order valence-electron chi connectivity index (χ1n) is 5.45. The fraction of sp³-hybridized carbons (Fsp3) is 0.538. The van der Waals surface area contributed by atoms with E-state index in [4.69, 9.17) is 4.74 Å². The molecule has 16 heavy (non-hydrogen) atoms. The second-order valence-electron chi connectivity index (χ2n) is 4.33. The van der Waals surface area contributed by atoms with Gasteiger partial charge in [0.05, 0.1) is 7.11 Å². The Bertz CT molecular complexity index is 352. The maximum absolute atomic E-state index is 13.8. The van der Waals surface area contributed by atoms with Crippen molar-refractivity contribution in [2.75, 3.05) is 7.11 Å². The molecule has 2 atom stereocenters. The summed E-state index contributed by atoms with van der Waals surface area (Å²) in [5.41, 5.74) is 0.653. The normalized spacial score (nSPS) is 14.9. The van der Waals surface area contributed by atoms with E-state index in [1.54, 1.807) is 19.2 Å². The van der Waals surface area contributed by atoms with Crippen LogP contribution in [0.1, 0.15) is 32.3 Å². The third-order valence-electron chi connectivity index (χ3n) is 2.80. The molecule has 1 rings (SSSR count). The van der Waals surface area contributed by atoms with Gasteiger partial charge in [0.1, 0.15) is 11.6 Å². The Kier molecular flexibility index (Phi) is 4.78. The van der Waals surface area contributed by atoms with Gasteiger partial charge in [0.2, 0.25) is 0 Å². The molecule has 0 aliphatic carbocycles. The summed E-state index contributed by atoms with van der Waals surface area (Å²) in [6.07, 6.45) is 0. The molecule has 0 spiro atoms. The second-order valence-corrected chi connectivity index (χ2v) is 5.39. The molecule has 0 aromatic heterocycles. The van der Waals surface area contributed by atoms with Gasteiger partial charge < -0.3 is 4.74 Å². The minimum Gasteiger partial charge on any atom is -0.496 e. The molecule has 1 aromatic rings. The minimum atomic E-state index is -0.197. The molecule has 0 bridgehead atoms. The zero-order valence-corrected chi connectivity index (χ0v) is 11.7. The van der Waals surface area contributed by atoms with E-state index in [-0.39, 0.29) is 16.6 Å². The lowest BCUT2D eigenvalue weighted by molar-refractivity contribution is 0.396. The molecule has 1 aromatic carbocycles. The molecule has 0 N–H and O–H groups in total. The molecule has 0 saturated carbocycles. The van der Waals surface area contributed by atoms with Crippen LogP contribution in [0, 0.1) is 11.7 Å². The van der Waals surface area contributed by atoms with Crippen LogP contribution >= 0.6 is 15.9 Å². The highest BCUT2D eigenvalue weighted by Gasteiger charge is 2.24. The summed E-state index contributed by atoms with van der Waals surface area (Å²) in [5.74, 6) is 0.949. The fourth-order valence-electron chi connectivity index (χ4n) is 1.87. The van der Waals surface area contributed by atoms with Crippen molar-refractivity contribution in [3.8, 4) is 5.75 Å². The largest absolute Gasteiger partial charge is 0.496 e. The lowest BCUT2D eigenvalue weighted by Gasteiger charge is -2.24. The number of methoxy groups -OCH3 is 1. The molecular weight excluding hydrogens is 271 g/mol. The Morgan fingerprint density at radius 1 is 1.25 bits per heavy atom. The van der Waals surface area contributed by atoms with Crippen LogP contribution in [0.4, 0.5) is 4.39 Å². The minimum absolute atomic E-state index is 0.0798. The average Bonchev–Trinajstić information content (AvgIpc) is 2.26. The van der Waals surface area contributed by atoms with Crippen LogP contribution in [-0.4, -0.2) is 11.9 Å². The van der Waals surface area contributed by atoms with Gasteiger partial charge in [-0.05, 0) is 18.1 Å². The van der Waals surface area contributed by atoms with Crippen LogP contribution in [0.3, 0.4) is 0 Å². The molecule has 0 amide bonds. The molecule has 90 valence electrons. The van der Waals surface area contributed by atoms with Gasteiger partial charge in [0.15, 0.2) is 0 Å². The van der Waals surface area contributed by atoms with E-state index in [1.807, 2.05) is 6.92 Å². The zero-order valence-electron chi connectivity index (χ0n) is 10.1. The van der Waals surface area contributed by atoms with Crippen LogP contribution in [0.15, 0.2) is 18.2 Å². The van der Waals surface area contributed by atoms with E-state index < -0.39 is 0 Å². The summed E-state index contributed by atoms with van der Waals surface area (Å²) in [6.45, 7) is 6.24. The Balaban J connectivity index is 3.11. The van der Waals surface area contributed by atoms with Crippen molar-refractivity contribution < 1.29 is 9.13 Å². The first-order chi connectivity index (χ1) is 7.49. The average molecular weight is 289 g/mol. The summed E-state index contributed by atoms with van der Waals surface area (Å²) in [7, 11) is 1.57. The third-order valence-corrected chi connectivity index (χ3v) is 4.65.